The largest absolute Gasteiger partial charge is 0.334 e. The highest BCUT2D eigenvalue weighted by atomic mass is 32.1. The van der Waals surface area contributed by atoms with Crippen molar-refractivity contribution in [2.45, 2.75) is 0 Å². The summed E-state index contributed by atoms with van der Waals surface area (Å²) in [6, 6.07) is 16.7. The molecule has 0 unspecified atom stereocenters. The third kappa shape index (κ3) is 3.15. The smallest absolute Gasteiger partial charge is 0.277 e. The fourth-order valence-corrected chi connectivity index (χ4v) is 2.70. The van der Waals surface area contributed by atoms with E-state index in [4.69, 9.17) is 4.52 Å². The zero-order valence-electron chi connectivity index (χ0n) is 12.8. The van der Waals surface area contributed by atoms with E-state index in [0.29, 0.717) is 23.0 Å². The summed E-state index contributed by atoms with van der Waals surface area (Å²) in [6.07, 6.45) is 0. The molecule has 0 saturated heterocycles. The van der Waals surface area contributed by atoms with Gasteiger partial charge in [0.25, 0.3) is 11.8 Å². The van der Waals surface area contributed by atoms with Crippen molar-refractivity contribution < 1.29 is 9.32 Å². The van der Waals surface area contributed by atoms with Gasteiger partial charge in [-0.05, 0) is 23.7 Å². The van der Waals surface area contributed by atoms with Gasteiger partial charge in [0.1, 0.15) is 0 Å². The minimum Gasteiger partial charge on any atom is -0.334 e. The molecule has 7 nitrogen and oxygen atoms in total. The third-order valence-electron chi connectivity index (χ3n) is 3.46. The highest BCUT2D eigenvalue weighted by molar-refractivity contribution is 7.03. The number of para-hydroxylation sites is 1. The number of anilines is 1. The van der Waals surface area contributed by atoms with E-state index in [1.165, 1.54) is 0 Å². The van der Waals surface area contributed by atoms with Gasteiger partial charge in [0.05, 0.1) is 11.3 Å². The van der Waals surface area contributed by atoms with Gasteiger partial charge in [-0.15, -0.1) is 5.10 Å². The number of amides is 1. The van der Waals surface area contributed by atoms with Gasteiger partial charge in [-0.2, -0.15) is 4.98 Å². The first-order valence-electron chi connectivity index (χ1n) is 7.38. The number of benzene rings is 2. The molecule has 1 amide bonds. The number of nitrogens with zero attached hydrogens (tertiary/aromatic N) is 4. The molecule has 8 heteroatoms. The van der Waals surface area contributed by atoms with E-state index < -0.39 is 0 Å². The van der Waals surface area contributed by atoms with Gasteiger partial charge in [-0.25, -0.2) is 0 Å². The highest BCUT2D eigenvalue weighted by Gasteiger charge is 2.16. The molecule has 1 N–H and O–H groups in total. The lowest BCUT2D eigenvalue weighted by Gasteiger charge is -2.06. The van der Waals surface area contributed by atoms with E-state index in [9.17, 15) is 4.79 Å². The molecule has 0 spiro atoms. The summed E-state index contributed by atoms with van der Waals surface area (Å²) in [4.78, 5) is 16.6. The molecule has 0 atom stereocenters. The second-order valence-electron chi connectivity index (χ2n) is 5.08. The Balaban J connectivity index is 1.65. The lowest BCUT2D eigenvalue weighted by atomic mass is 10.1. The molecule has 2 aromatic carbocycles. The monoisotopic (exact) mass is 349 g/mol. The summed E-state index contributed by atoms with van der Waals surface area (Å²) in [5.74, 6) is 0.468. The van der Waals surface area contributed by atoms with Crippen molar-refractivity contribution in [2.75, 3.05) is 5.32 Å². The van der Waals surface area contributed by atoms with Crippen molar-refractivity contribution in [3.05, 3.63) is 65.7 Å². The van der Waals surface area contributed by atoms with Gasteiger partial charge in [0.15, 0.2) is 5.69 Å². The normalized spacial score (nSPS) is 10.6. The molecule has 0 bridgehead atoms. The number of hydrogen-bond acceptors (Lipinski definition) is 7. The van der Waals surface area contributed by atoms with Gasteiger partial charge in [-0.1, -0.05) is 52.1 Å². The van der Waals surface area contributed by atoms with E-state index in [2.05, 4.69) is 25.0 Å². The Morgan fingerprint density at radius 1 is 1.04 bits per heavy atom. The number of aromatic nitrogens is 4. The predicted octanol–water partition coefficient (Wildman–Crippen LogP) is 3.51. The number of rotatable bonds is 4. The molecule has 25 heavy (non-hydrogen) atoms. The number of nitrogens with one attached hydrogen (secondary N) is 1. The molecule has 0 aliphatic carbocycles. The van der Waals surface area contributed by atoms with Crippen molar-refractivity contribution in [2.24, 2.45) is 0 Å². The fraction of sp³-hybridized carbons (Fsp3) is 0. The highest BCUT2D eigenvalue weighted by Crippen LogP contribution is 2.28. The van der Waals surface area contributed by atoms with Crippen LogP contribution in [0.3, 0.4) is 0 Å². The summed E-state index contributed by atoms with van der Waals surface area (Å²) >= 11 is 1.12. The molecule has 4 rings (SSSR count). The molecule has 0 aliphatic heterocycles. The summed E-state index contributed by atoms with van der Waals surface area (Å²) in [5.41, 5.74) is 2.31. The lowest BCUT2D eigenvalue weighted by Crippen LogP contribution is -2.13. The zero-order chi connectivity index (χ0) is 17.1. The Bertz CT molecular complexity index is 999. The van der Waals surface area contributed by atoms with E-state index in [1.807, 2.05) is 42.5 Å². The van der Waals surface area contributed by atoms with E-state index >= 15 is 0 Å². The van der Waals surface area contributed by atoms with Crippen LogP contribution < -0.4 is 5.32 Å². The molecule has 2 aromatic heterocycles. The van der Waals surface area contributed by atoms with Crippen LogP contribution in [0.4, 0.5) is 5.69 Å². The van der Waals surface area contributed by atoms with E-state index in [-0.39, 0.29) is 11.6 Å². The van der Waals surface area contributed by atoms with E-state index in [1.54, 1.807) is 17.5 Å². The van der Waals surface area contributed by atoms with Crippen LogP contribution in [0.2, 0.25) is 0 Å². The second-order valence-corrected chi connectivity index (χ2v) is 5.69. The van der Waals surface area contributed by atoms with Gasteiger partial charge < -0.3 is 9.84 Å². The van der Waals surface area contributed by atoms with Crippen LogP contribution in [0.5, 0.6) is 0 Å². The first-order chi connectivity index (χ1) is 12.3. The topological polar surface area (TPSA) is 93.8 Å². The maximum Gasteiger partial charge on any atom is 0.277 e. The average molecular weight is 349 g/mol. The lowest BCUT2D eigenvalue weighted by molar-refractivity contribution is 0.102. The minimum atomic E-state index is -0.344. The van der Waals surface area contributed by atoms with Crippen LogP contribution in [0.15, 0.2) is 64.5 Å². The van der Waals surface area contributed by atoms with Crippen molar-refractivity contribution in [3.8, 4) is 22.8 Å². The van der Waals surface area contributed by atoms with Crippen LogP contribution in [-0.4, -0.2) is 25.6 Å². The first-order valence-corrected chi connectivity index (χ1v) is 8.22. The molecule has 122 valence electrons. The summed E-state index contributed by atoms with van der Waals surface area (Å²) in [7, 11) is 0. The van der Waals surface area contributed by atoms with Crippen LogP contribution in [0.1, 0.15) is 10.5 Å². The Morgan fingerprint density at radius 3 is 2.64 bits per heavy atom. The SMILES string of the molecule is O=C(Nc1ccccc1-c1nc(-c2ccccc2)no1)c1csnn1. The Hall–Kier alpha value is -3.39. The Labute approximate surface area is 146 Å². The van der Waals surface area contributed by atoms with Crippen molar-refractivity contribution in [1.29, 1.82) is 0 Å². The van der Waals surface area contributed by atoms with Crippen molar-refractivity contribution in [3.63, 3.8) is 0 Å². The van der Waals surface area contributed by atoms with Gasteiger partial charge in [0.2, 0.25) is 5.82 Å². The molecular weight excluding hydrogens is 338 g/mol. The molecule has 0 aliphatic rings. The molecule has 0 saturated carbocycles. The molecular formula is C17H11N5O2S. The van der Waals surface area contributed by atoms with E-state index in [0.717, 1.165) is 17.1 Å². The summed E-state index contributed by atoms with van der Waals surface area (Å²) in [5, 5.41) is 12.2. The van der Waals surface area contributed by atoms with Gasteiger partial charge in [-0.3, -0.25) is 4.79 Å². The molecule has 0 radical (unpaired) electrons. The fourth-order valence-electron chi connectivity index (χ4n) is 2.27. The Morgan fingerprint density at radius 2 is 1.84 bits per heavy atom. The molecule has 4 aromatic rings. The number of hydrogen-bond donors (Lipinski definition) is 1. The maximum absolute atomic E-state index is 12.2. The quantitative estimate of drug-likeness (QED) is 0.606. The number of carbonyl (C=O) groups is 1. The van der Waals surface area contributed by atoms with Crippen LogP contribution in [0.25, 0.3) is 22.8 Å². The second kappa shape index (κ2) is 6.62. The maximum atomic E-state index is 12.2. The average Bonchev–Trinajstić information content (AvgIpc) is 3.35. The third-order valence-corrected chi connectivity index (χ3v) is 3.96. The van der Waals surface area contributed by atoms with Crippen molar-refractivity contribution >= 4 is 23.1 Å². The van der Waals surface area contributed by atoms with Crippen LogP contribution >= 0.6 is 11.5 Å². The summed E-state index contributed by atoms with van der Waals surface area (Å²) in [6.45, 7) is 0. The predicted molar refractivity (Wildman–Crippen MR) is 93.0 cm³/mol. The zero-order valence-corrected chi connectivity index (χ0v) is 13.6. The van der Waals surface area contributed by atoms with Crippen LogP contribution in [-0.2, 0) is 0 Å². The number of carbonyl (C=O) groups excluding carboxylic acids is 1. The first kappa shape index (κ1) is 15.2. The van der Waals surface area contributed by atoms with Crippen LogP contribution in [0, 0.1) is 0 Å². The van der Waals surface area contributed by atoms with Crippen molar-refractivity contribution in [1.82, 2.24) is 19.7 Å². The summed E-state index contributed by atoms with van der Waals surface area (Å²) < 4.78 is 9.07. The molecule has 0 fully saturated rings. The Kier molecular flexibility index (Phi) is 4.01. The molecule has 2 heterocycles. The minimum absolute atomic E-state index is 0.260. The van der Waals surface area contributed by atoms with Gasteiger partial charge in [0, 0.05) is 10.9 Å². The van der Waals surface area contributed by atoms with Gasteiger partial charge >= 0.3 is 0 Å². The standard InChI is InChI=1S/C17H11N5O2S/c23-16(14-10-25-22-20-14)18-13-9-5-4-8-12(13)17-19-15(21-24-17)11-6-2-1-3-7-11/h1-10H,(H,18,23).